The maximum atomic E-state index is 12.6. The van der Waals surface area contributed by atoms with Crippen LogP contribution < -0.4 is 5.56 Å². The number of hydrogen-bond donors (Lipinski definition) is 0. The molecule has 0 spiro atoms. The van der Waals surface area contributed by atoms with Crippen LogP contribution in [0.5, 0.6) is 0 Å². The summed E-state index contributed by atoms with van der Waals surface area (Å²) in [5.41, 5.74) is 1.14. The number of amides is 2. The lowest BCUT2D eigenvalue weighted by Crippen LogP contribution is -2.51. The Balaban J connectivity index is 1.36. The van der Waals surface area contributed by atoms with Crippen LogP contribution in [0.25, 0.3) is 11.3 Å². The first-order valence-corrected chi connectivity index (χ1v) is 9.34. The number of aromatic nitrogens is 2. The molecule has 2 aromatic heterocycles. The molecule has 0 atom stereocenters. The van der Waals surface area contributed by atoms with Crippen LogP contribution in [0.1, 0.15) is 10.6 Å². The van der Waals surface area contributed by atoms with Crippen molar-refractivity contribution in [1.82, 2.24) is 19.4 Å². The van der Waals surface area contributed by atoms with Gasteiger partial charge in [-0.3, -0.25) is 19.0 Å². The topological polar surface area (TPSA) is 88.7 Å². The Morgan fingerprint density at radius 1 is 0.966 bits per heavy atom. The van der Waals surface area contributed by atoms with Crippen LogP contribution in [0.3, 0.4) is 0 Å². The molecule has 0 bridgehead atoms. The second kappa shape index (κ2) is 8.14. The lowest BCUT2D eigenvalue weighted by atomic mass is 10.1. The highest BCUT2D eigenvalue weighted by molar-refractivity contribution is 5.91. The number of nitrogens with zero attached hydrogens (tertiary/aromatic N) is 4. The van der Waals surface area contributed by atoms with Crippen molar-refractivity contribution in [2.75, 3.05) is 26.2 Å². The van der Waals surface area contributed by atoms with E-state index in [1.165, 1.54) is 23.2 Å². The molecule has 4 rings (SSSR count). The maximum absolute atomic E-state index is 12.6. The van der Waals surface area contributed by atoms with Gasteiger partial charge in [0.1, 0.15) is 6.54 Å². The van der Waals surface area contributed by atoms with Crippen LogP contribution in [-0.2, 0) is 11.3 Å². The summed E-state index contributed by atoms with van der Waals surface area (Å²) in [6.45, 7) is 1.59. The van der Waals surface area contributed by atoms with Crippen molar-refractivity contribution in [1.29, 1.82) is 0 Å². The molecule has 0 aliphatic carbocycles. The van der Waals surface area contributed by atoms with Crippen LogP contribution in [0.15, 0.2) is 70.3 Å². The predicted octanol–water partition coefficient (Wildman–Crippen LogP) is 1.49. The Kier molecular flexibility index (Phi) is 5.24. The predicted molar refractivity (Wildman–Crippen MR) is 105 cm³/mol. The molecule has 29 heavy (non-hydrogen) atoms. The molecular weight excluding hydrogens is 372 g/mol. The van der Waals surface area contributed by atoms with Gasteiger partial charge in [0.2, 0.25) is 5.91 Å². The summed E-state index contributed by atoms with van der Waals surface area (Å²) in [5, 5.41) is 0. The SMILES string of the molecule is O=C(Cn1cnc(-c2ccccc2)cc1=O)N1CCN(C(=O)c2ccco2)CC1. The van der Waals surface area contributed by atoms with Gasteiger partial charge in [-0.25, -0.2) is 4.98 Å². The number of benzene rings is 1. The Morgan fingerprint density at radius 2 is 1.69 bits per heavy atom. The van der Waals surface area contributed by atoms with Crippen molar-refractivity contribution < 1.29 is 14.0 Å². The van der Waals surface area contributed by atoms with E-state index in [2.05, 4.69) is 4.98 Å². The van der Waals surface area contributed by atoms with Crippen LogP contribution in [0.2, 0.25) is 0 Å². The lowest BCUT2D eigenvalue weighted by Gasteiger charge is -2.34. The molecule has 0 radical (unpaired) electrons. The van der Waals surface area contributed by atoms with Crippen LogP contribution in [-0.4, -0.2) is 57.3 Å². The van der Waals surface area contributed by atoms with Gasteiger partial charge in [-0.1, -0.05) is 30.3 Å². The summed E-state index contributed by atoms with van der Waals surface area (Å²) < 4.78 is 6.44. The van der Waals surface area contributed by atoms with E-state index in [9.17, 15) is 14.4 Å². The van der Waals surface area contributed by atoms with Gasteiger partial charge in [-0.05, 0) is 12.1 Å². The third kappa shape index (κ3) is 4.11. The zero-order valence-corrected chi connectivity index (χ0v) is 15.7. The molecule has 0 saturated carbocycles. The molecule has 0 unspecified atom stereocenters. The lowest BCUT2D eigenvalue weighted by molar-refractivity contribution is -0.133. The van der Waals surface area contributed by atoms with Gasteiger partial charge in [-0.2, -0.15) is 0 Å². The summed E-state index contributed by atoms with van der Waals surface area (Å²) in [4.78, 5) is 44.9. The van der Waals surface area contributed by atoms with Gasteiger partial charge < -0.3 is 14.2 Å². The second-order valence-corrected chi connectivity index (χ2v) is 6.76. The highest BCUT2D eigenvalue weighted by atomic mass is 16.3. The minimum absolute atomic E-state index is 0.0764. The van der Waals surface area contributed by atoms with Crippen LogP contribution >= 0.6 is 0 Å². The molecule has 3 aromatic rings. The van der Waals surface area contributed by atoms with Crippen molar-refractivity contribution in [3.8, 4) is 11.3 Å². The van der Waals surface area contributed by atoms with E-state index in [1.54, 1.807) is 21.9 Å². The Bertz CT molecular complexity index is 1050. The van der Waals surface area contributed by atoms with Crippen molar-refractivity contribution >= 4 is 11.8 Å². The normalized spacial score (nSPS) is 14.1. The molecular formula is C21H20N4O4. The summed E-state index contributed by atoms with van der Waals surface area (Å²) in [6, 6.07) is 14.1. The first kappa shape index (κ1) is 18.7. The molecule has 1 aromatic carbocycles. The standard InChI is InChI=1S/C21H20N4O4/c26-19-13-17(16-5-2-1-3-6-16)22-15-25(19)14-20(27)23-8-10-24(11-9-23)21(28)18-7-4-12-29-18/h1-7,12-13,15H,8-11,14H2. The van der Waals surface area contributed by atoms with E-state index < -0.39 is 0 Å². The van der Waals surface area contributed by atoms with E-state index in [0.717, 1.165) is 5.56 Å². The van der Waals surface area contributed by atoms with Crippen molar-refractivity contribution in [3.05, 3.63) is 77.2 Å². The Hall–Kier alpha value is -3.68. The van der Waals surface area contributed by atoms with Gasteiger partial charge in [0, 0.05) is 37.8 Å². The highest BCUT2D eigenvalue weighted by Gasteiger charge is 2.26. The van der Waals surface area contributed by atoms with E-state index in [1.807, 2.05) is 30.3 Å². The van der Waals surface area contributed by atoms with Crippen LogP contribution in [0, 0.1) is 0 Å². The summed E-state index contributed by atoms with van der Waals surface area (Å²) in [5.74, 6) is -0.0635. The second-order valence-electron chi connectivity index (χ2n) is 6.76. The van der Waals surface area contributed by atoms with Gasteiger partial charge in [0.05, 0.1) is 18.3 Å². The number of rotatable bonds is 4. The third-order valence-corrected chi connectivity index (χ3v) is 4.91. The third-order valence-electron chi connectivity index (χ3n) is 4.91. The summed E-state index contributed by atoms with van der Waals surface area (Å²) >= 11 is 0. The van der Waals surface area contributed by atoms with Crippen molar-refractivity contribution in [2.45, 2.75) is 6.54 Å². The van der Waals surface area contributed by atoms with Gasteiger partial charge in [0.25, 0.3) is 11.5 Å². The molecule has 1 saturated heterocycles. The van der Waals surface area contributed by atoms with E-state index >= 15 is 0 Å². The molecule has 8 heteroatoms. The number of piperazine rings is 1. The fraction of sp³-hybridized carbons (Fsp3) is 0.238. The maximum Gasteiger partial charge on any atom is 0.289 e. The summed E-state index contributed by atoms with van der Waals surface area (Å²) in [7, 11) is 0. The first-order chi connectivity index (χ1) is 14.1. The minimum Gasteiger partial charge on any atom is -0.459 e. The number of carbonyl (C=O) groups is 2. The average Bonchev–Trinajstić information content (AvgIpc) is 3.30. The molecule has 2 amide bonds. The highest BCUT2D eigenvalue weighted by Crippen LogP contribution is 2.13. The summed E-state index contributed by atoms with van der Waals surface area (Å²) in [6.07, 6.45) is 2.86. The molecule has 0 N–H and O–H groups in total. The quantitative estimate of drug-likeness (QED) is 0.671. The largest absolute Gasteiger partial charge is 0.459 e. The Labute approximate surface area is 167 Å². The molecule has 8 nitrogen and oxygen atoms in total. The molecule has 148 valence electrons. The molecule has 3 heterocycles. The van der Waals surface area contributed by atoms with Crippen molar-refractivity contribution in [3.63, 3.8) is 0 Å². The minimum atomic E-state index is -0.279. The molecule has 1 fully saturated rings. The zero-order valence-electron chi connectivity index (χ0n) is 15.7. The van der Waals surface area contributed by atoms with E-state index in [4.69, 9.17) is 4.42 Å². The zero-order chi connectivity index (χ0) is 20.2. The van der Waals surface area contributed by atoms with Gasteiger partial charge in [0.15, 0.2) is 5.76 Å². The molecule has 1 aliphatic rings. The molecule has 1 aliphatic heterocycles. The fourth-order valence-electron chi connectivity index (χ4n) is 3.27. The average molecular weight is 392 g/mol. The number of carbonyl (C=O) groups excluding carboxylic acids is 2. The van der Waals surface area contributed by atoms with Gasteiger partial charge >= 0.3 is 0 Å². The first-order valence-electron chi connectivity index (χ1n) is 9.34. The number of furan rings is 1. The van der Waals surface area contributed by atoms with Crippen LogP contribution in [0.4, 0.5) is 0 Å². The van der Waals surface area contributed by atoms with E-state index in [0.29, 0.717) is 37.6 Å². The van der Waals surface area contributed by atoms with Crippen molar-refractivity contribution in [2.24, 2.45) is 0 Å². The Morgan fingerprint density at radius 3 is 2.34 bits per heavy atom. The fourth-order valence-corrected chi connectivity index (χ4v) is 3.27. The monoisotopic (exact) mass is 392 g/mol. The van der Waals surface area contributed by atoms with Gasteiger partial charge in [-0.15, -0.1) is 0 Å². The number of hydrogen-bond acceptors (Lipinski definition) is 5. The smallest absolute Gasteiger partial charge is 0.289 e. The van der Waals surface area contributed by atoms with E-state index in [-0.39, 0.29) is 23.9 Å².